The van der Waals surface area contributed by atoms with Gasteiger partial charge in [-0.05, 0) is 25.2 Å². The van der Waals surface area contributed by atoms with Gasteiger partial charge in [-0.15, -0.1) is 0 Å². The molecule has 0 unspecified atom stereocenters. The SMILES string of the molecule is COc1ccc(-n2c(C)c[nH]c2=S)cn1. The number of H-pyrrole nitrogens is 1. The first-order valence-electron chi connectivity index (χ1n) is 4.50. The second-order valence-corrected chi connectivity index (χ2v) is 3.52. The van der Waals surface area contributed by atoms with E-state index < -0.39 is 0 Å². The molecular formula is C10H11N3OS. The lowest BCUT2D eigenvalue weighted by molar-refractivity contribution is 0.398. The summed E-state index contributed by atoms with van der Waals surface area (Å²) >= 11 is 5.16. The predicted molar refractivity (Wildman–Crippen MR) is 60.0 cm³/mol. The van der Waals surface area contributed by atoms with E-state index in [4.69, 9.17) is 17.0 Å². The third kappa shape index (κ3) is 1.78. The van der Waals surface area contributed by atoms with Crippen molar-refractivity contribution in [1.29, 1.82) is 0 Å². The van der Waals surface area contributed by atoms with Gasteiger partial charge in [-0.3, -0.25) is 4.57 Å². The highest BCUT2D eigenvalue weighted by Gasteiger charge is 2.02. The molecule has 4 nitrogen and oxygen atoms in total. The minimum absolute atomic E-state index is 0.596. The van der Waals surface area contributed by atoms with Crippen molar-refractivity contribution in [3.05, 3.63) is 35.0 Å². The molecule has 0 bridgehead atoms. The summed E-state index contributed by atoms with van der Waals surface area (Å²) in [4.78, 5) is 7.11. The van der Waals surface area contributed by atoms with Crippen molar-refractivity contribution in [2.24, 2.45) is 0 Å². The van der Waals surface area contributed by atoms with E-state index in [0.717, 1.165) is 11.4 Å². The van der Waals surface area contributed by atoms with E-state index in [0.29, 0.717) is 10.7 Å². The summed E-state index contributed by atoms with van der Waals surface area (Å²) < 4.78 is 7.58. The fourth-order valence-electron chi connectivity index (χ4n) is 1.40. The molecule has 0 amide bonds. The number of pyridine rings is 1. The van der Waals surface area contributed by atoms with E-state index in [1.165, 1.54) is 0 Å². The number of methoxy groups -OCH3 is 1. The van der Waals surface area contributed by atoms with E-state index in [-0.39, 0.29) is 0 Å². The molecule has 5 heteroatoms. The van der Waals surface area contributed by atoms with Crippen LogP contribution < -0.4 is 4.74 Å². The molecule has 0 fully saturated rings. The van der Waals surface area contributed by atoms with Crippen molar-refractivity contribution in [2.75, 3.05) is 7.11 Å². The minimum Gasteiger partial charge on any atom is -0.481 e. The first kappa shape index (κ1) is 9.92. The van der Waals surface area contributed by atoms with E-state index >= 15 is 0 Å². The summed E-state index contributed by atoms with van der Waals surface area (Å²) in [5.41, 5.74) is 1.98. The maximum atomic E-state index is 5.16. The standard InChI is InChI=1S/C10H11N3OS/c1-7-5-12-10(15)13(7)8-3-4-9(14-2)11-6-8/h3-6H,1-2H3,(H,12,15). The van der Waals surface area contributed by atoms with E-state index in [9.17, 15) is 0 Å². The van der Waals surface area contributed by atoms with Crippen LogP contribution in [0.4, 0.5) is 0 Å². The number of ether oxygens (including phenoxy) is 1. The Balaban J connectivity index is 2.50. The summed E-state index contributed by atoms with van der Waals surface area (Å²) in [6.07, 6.45) is 3.60. The van der Waals surface area contributed by atoms with Crippen molar-refractivity contribution in [3.8, 4) is 11.6 Å². The molecule has 0 aliphatic carbocycles. The number of rotatable bonds is 2. The molecule has 78 valence electrons. The second-order valence-electron chi connectivity index (χ2n) is 3.13. The quantitative estimate of drug-likeness (QED) is 0.791. The van der Waals surface area contributed by atoms with Crippen LogP contribution in [0.25, 0.3) is 5.69 Å². The minimum atomic E-state index is 0.596. The van der Waals surface area contributed by atoms with Crippen LogP contribution in [0.2, 0.25) is 0 Å². The number of nitrogens with one attached hydrogen (secondary N) is 1. The molecule has 2 rings (SSSR count). The highest BCUT2D eigenvalue weighted by Crippen LogP contribution is 2.13. The average molecular weight is 221 g/mol. The molecule has 0 saturated carbocycles. The lowest BCUT2D eigenvalue weighted by atomic mass is 10.4. The Morgan fingerprint density at radius 1 is 1.47 bits per heavy atom. The lowest BCUT2D eigenvalue weighted by Gasteiger charge is -2.05. The van der Waals surface area contributed by atoms with Gasteiger partial charge in [0, 0.05) is 18.0 Å². The molecule has 0 aliphatic heterocycles. The fraction of sp³-hybridized carbons (Fsp3) is 0.200. The molecular weight excluding hydrogens is 210 g/mol. The van der Waals surface area contributed by atoms with Crippen molar-refractivity contribution in [3.63, 3.8) is 0 Å². The van der Waals surface area contributed by atoms with Crippen molar-refractivity contribution >= 4 is 12.2 Å². The zero-order valence-corrected chi connectivity index (χ0v) is 9.34. The van der Waals surface area contributed by atoms with Gasteiger partial charge in [-0.2, -0.15) is 0 Å². The van der Waals surface area contributed by atoms with Crippen LogP contribution in [-0.4, -0.2) is 21.6 Å². The summed E-state index contributed by atoms with van der Waals surface area (Å²) in [6, 6.07) is 3.73. The highest BCUT2D eigenvalue weighted by molar-refractivity contribution is 7.71. The Kier molecular flexibility index (Phi) is 2.55. The molecule has 0 aromatic carbocycles. The molecule has 0 saturated heterocycles. The normalized spacial score (nSPS) is 10.3. The van der Waals surface area contributed by atoms with Gasteiger partial charge in [0.1, 0.15) is 0 Å². The summed E-state index contributed by atoms with van der Waals surface area (Å²) in [5, 5.41) is 0. The molecule has 0 atom stereocenters. The van der Waals surface area contributed by atoms with E-state index in [1.54, 1.807) is 13.3 Å². The van der Waals surface area contributed by atoms with Crippen LogP contribution >= 0.6 is 12.2 Å². The topological polar surface area (TPSA) is 42.8 Å². The number of aryl methyl sites for hydroxylation is 1. The smallest absolute Gasteiger partial charge is 0.213 e. The summed E-state index contributed by atoms with van der Waals surface area (Å²) in [6.45, 7) is 1.98. The van der Waals surface area contributed by atoms with Crippen LogP contribution in [0.1, 0.15) is 5.69 Å². The van der Waals surface area contributed by atoms with E-state index in [2.05, 4.69) is 9.97 Å². The van der Waals surface area contributed by atoms with Crippen molar-refractivity contribution in [1.82, 2.24) is 14.5 Å². The van der Waals surface area contributed by atoms with Crippen LogP contribution in [0, 0.1) is 11.7 Å². The van der Waals surface area contributed by atoms with Crippen LogP contribution in [0.5, 0.6) is 5.88 Å². The first-order valence-corrected chi connectivity index (χ1v) is 4.90. The number of nitrogens with zero attached hydrogens (tertiary/aromatic N) is 2. The number of imidazole rings is 1. The monoisotopic (exact) mass is 221 g/mol. The fourth-order valence-corrected chi connectivity index (χ4v) is 1.71. The summed E-state index contributed by atoms with van der Waals surface area (Å²) in [5.74, 6) is 0.596. The highest BCUT2D eigenvalue weighted by atomic mass is 32.1. The Labute approximate surface area is 92.5 Å². The third-order valence-electron chi connectivity index (χ3n) is 2.15. The molecule has 2 aromatic heterocycles. The first-order chi connectivity index (χ1) is 7.22. The molecule has 0 aliphatic rings. The molecule has 1 N–H and O–H groups in total. The average Bonchev–Trinajstić information content (AvgIpc) is 2.59. The van der Waals surface area contributed by atoms with Gasteiger partial charge in [0.2, 0.25) is 5.88 Å². The van der Waals surface area contributed by atoms with Crippen molar-refractivity contribution in [2.45, 2.75) is 6.92 Å². The number of aromatic amines is 1. The number of aromatic nitrogens is 3. The summed E-state index contributed by atoms with van der Waals surface area (Å²) in [7, 11) is 1.59. The van der Waals surface area contributed by atoms with Gasteiger partial charge in [0.05, 0.1) is 19.0 Å². The van der Waals surface area contributed by atoms with Crippen LogP contribution in [0.15, 0.2) is 24.5 Å². The lowest BCUT2D eigenvalue weighted by Crippen LogP contribution is -1.97. The Hall–Kier alpha value is -1.62. The van der Waals surface area contributed by atoms with Gasteiger partial charge in [-0.25, -0.2) is 4.98 Å². The molecule has 15 heavy (non-hydrogen) atoms. The van der Waals surface area contributed by atoms with Crippen LogP contribution in [0.3, 0.4) is 0 Å². The molecule has 2 heterocycles. The largest absolute Gasteiger partial charge is 0.481 e. The maximum Gasteiger partial charge on any atom is 0.213 e. The molecule has 0 radical (unpaired) electrons. The van der Waals surface area contributed by atoms with Gasteiger partial charge in [-0.1, -0.05) is 0 Å². The Bertz CT molecular complexity index is 512. The number of hydrogen-bond acceptors (Lipinski definition) is 3. The second kappa shape index (κ2) is 3.86. The van der Waals surface area contributed by atoms with Crippen molar-refractivity contribution < 1.29 is 4.74 Å². The van der Waals surface area contributed by atoms with Gasteiger partial charge in [0.25, 0.3) is 0 Å². The Morgan fingerprint density at radius 3 is 2.73 bits per heavy atom. The van der Waals surface area contributed by atoms with E-state index in [1.807, 2.05) is 29.8 Å². The molecule has 2 aromatic rings. The van der Waals surface area contributed by atoms with Gasteiger partial charge >= 0.3 is 0 Å². The zero-order valence-electron chi connectivity index (χ0n) is 8.52. The third-order valence-corrected chi connectivity index (χ3v) is 2.45. The zero-order chi connectivity index (χ0) is 10.8. The van der Waals surface area contributed by atoms with Gasteiger partial charge in [0.15, 0.2) is 4.77 Å². The number of hydrogen-bond donors (Lipinski definition) is 1. The van der Waals surface area contributed by atoms with Crippen LogP contribution in [-0.2, 0) is 0 Å². The van der Waals surface area contributed by atoms with Gasteiger partial charge < -0.3 is 9.72 Å². The molecule has 0 spiro atoms. The Morgan fingerprint density at radius 2 is 2.27 bits per heavy atom. The maximum absolute atomic E-state index is 5.16. The predicted octanol–water partition coefficient (Wildman–Crippen LogP) is 2.25.